The van der Waals surface area contributed by atoms with E-state index >= 15 is 0 Å². The molecule has 4 rings (SSSR count). The predicted octanol–water partition coefficient (Wildman–Crippen LogP) is 3.32. The number of phenols is 1. The number of hydrogen-bond acceptors (Lipinski definition) is 5. The van der Waals surface area contributed by atoms with Crippen LogP contribution in [-0.2, 0) is 6.54 Å². The van der Waals surface area contributed by atoms with Gasteiger partial charge in [-0.15, -0.1) is 0 Å². The first-order chi connectivity index (χ1) is 12.9. The second-order valence-electron chi connectivity index (χ2n) is 7.81. The van der Waals surface area contributed by atoms with Crippen molar-refractivity contribution in [3.05, 3.63) is 52.3 Å². The fourth-order valence-corrected chi connectivity index (χ4v) is 4.18. The largest absolute Gasteiger partial charge is 0.507 e. The van der Waals surface area contributed by atoms with E-state index in [0.29, 0.717) is 17.5 Å². The number of aromatic nitrogens is 3. The third kappa shape index (κ3) is 3.49. The van der Waals surface area contributed by atoms with Crippen LogP contribution in [0.2, 0.25) is 0 Å². The van der Waals surface area contributed by atoms with Crippen molar-refractivity contribution in [1.29, 1.82) is 0 Å². The molecule has 0 bridgehead atoms. The third-order valence-electron chi connectivity index (χ3n) is 5.48. The van der Waals surface area contributed by atoms with E-state index in [2.05, 4.69) is 22.1 Å². The number of rotatable bonds is 3. The van der Waals surface area contributed by atoms with Gasteiger partial charge in [0.15, 0.2) is 5.65 Å². The molecule has 142 valence electrons. The molecule has 1 aliphatic heterocycles. The lowest BCUT2D eigenvalue weighted by atomic mass is 9.93. The Labute approximate surface area is 159 Å². The van der Waals surface area contributed by atoms with Gasteiger partial charge in [0, 0.05) is 31.1 Å². The minimum atomic E-state index is 0.376. The highest BCUT2D eigenvalue weighted by atomic mass is 16.3. The maximum absolute atomic E-state index is 10.0. The Hall–Kier alpha value is -2.60. The molecule has 1 atom stereocenters. The zero-order valence-electron chi connectivity index (χ0n) is 16.2. The number of benzene rings is 1. The number of nitrogens with zero attached hydrogens (tertiary/aromatic N) is 4. The Balaban J connectivity index is 1.54. The van der Waals surface area contributed by atoms with E-state index in [1.165, 1.54) is 5.56 Å². The van der Waals surface area contributed by atoms with Gasteiger partial charge < -0.3 is 10.8 Å². The summed E-state index contributed by atoms with van der Waals surface area (Å²) in [5, 5.41) is 14.4. The van der Waals surface area contributed by atoms with Crippen LogP contribution in [0.5, 0.6) is 5.75 Å². The Morgan fingerprint density at radius 1 is 1.15 bits per heavy atom. The standard InChI is InChI=1S/C21H27N5O/c1-13-7-16(8-14(2)21(13)27)11-25-6-4-5-17(12-25)18-10-19(22)26-20(23-18)9-15(3)24-26/h7-10,17,27H,4-6,11-12,22H2,1-3H3. The predicted molar refractivity (Wildman–Crippen MR) is 107 cm³/mol. The Bertz CT molecular complexity index is 971. The van der Waals surface area contributed by atoms with Gasteiger partial charge in [-0.2, -0.15) is 9.61 Å². The molecule has 1 aromatic carbocycles. The second-order valence-corrected chi connectivity index (χ2v) is 7.81. The van der Waals surface area contributed by atoms with Crippen molar-refractivity contribution < 1.29 is 5.11 Å². The van der Waals surface area contributed by atoms with E-state index in [0.717, 1.165) is 60.6 Å². The number of aromatic hydroxyl groups is 1. The van der Waals surface area contributed by atoms with Crippen molar-refractivity contribution in [3.63, 3.8) is 0 Å². The molecule has 1 aliphatic rings. The van der Waals surface area contributed by atoms with Gasteiger partial charge >= 0.3 is 0 Å². The van der Waals surface area contributed by atoms with Gasteiger partial charge in [-0.1, -0.05) is 12.1 Å². The van der Waals surface area contributed by atoms with Crippen molar-refractivity contribution in [2.24, 2.45) is 0 Å². The number of likely N-dealkylation sites (tertiary alicyclic amines) is 1. The lowest BCUT2D eigenvalue weighted by Gasteiger charge is -2.32. The summed E-state index contributed by atoms with van der Waals surface area (Å²) >= 11 is 0. The molecule has 3 N–H and O–H groups in total. The molecule has 1 saturated heterocycles. The van der Waals surface area contributed by atoms with Crippen LogP contribution >= 0.6 is 0 Å². The van der Waals surface area contributed by atoms with Crippen LogP contribution in [0.15, 0.2) is 24.3 Å². The Kier molecular flexibility index (Phi) is 4.52. The lowest BCUT2D eigenvalue weighted by Crippen LogP contribution is -2.34. The summed E-state index contributed by atoms with van der Waals surface area (Å²) in [6.45, 7) is 8.81. The molecule has 3 heterocycles. The van der Waals surface area contributed by atoms with E-state index < -0.39 is 0 Å². The summed E-state index contributed by atoms with van der Waals surface area (Å²) in [7, 11) is 0. The summed E-state index contributed by atoms with van der Waals surface area (Å²) in [6, 6.07) is 8.12. The highest BCUT2D eigenvalue weighted by molar-refractivity contribution is 5.48. The molecule has 6 heteroatoms. The quantitative estimate of drug-likeness (QED) is 0.744. The van der Waals surface area contributed by atoms with Crippen molar-refractivity contribution in [2.45, 2.75) is 46.1 Å². The summed E-state index contributed by atoms with van der Waals surface area (Å²) in [6.07, 6.45) is 2.27. The van der Waals surface area contributed by atoms with Crippen LogP contribution in [0.25, 0.3) is 5.65 Å². The number of aryl methyl sites for hydroxylation is 3. The van der Waals surface area contributed by atoms with Gasteiger partial charge in [0.05, 0.1) is 11.4 Å². The molecule has 0 saturated carbocycles. The fourth-order valence-electron chi connectivity index (χ4n) is 4.18. The van der Waals surface area contributed by atoms with E-state index in [1.54, 1.807) is 4.52 Å². The van der Waals surface area contributed by atoms with Crippen LogP contribution in [-0.4, -0.2) is 37.7 Å². The van der Waals surface area contributed by atoms with E-state index in [1.807, 2.05) is 32.9 Å². The lowest BCUT2D eigenvalue weighted by molar-refractivity contribution is 0.198. The average Bonchev–Trinajstić information content (AvgIpc) is 3.01. The van der Waals surface area contributed by atoms with Crippen LogP contribution < -0.4 is 5.73 Å². The SMILES string of the molecule is Cc1cc2nc(C3CCCN(Cc4cc(C)c(O)c(C)c4)C3)cc(N)n2n1. The van der Waals surface area contributed by atoms with Crippen molar-refractivity contribution >= 4 is 11.5 Å². The maximum Gasteiger partial charge on any atom is 0.157 e. The van der Waals surface area contributed by atoms with Gasteiger partial charge in [0.25, 0.3) is 0 Å². The fraction of sp³-hybridized carbons (Fsp3) is 0.429. The van der Waals surface area contributed by atoms with Gasteiger partial charge in [0.2, 0.25) is 0 Å². The molecular weight excluding hydrogens is 338 g/mol. The number of nitrogen functional groups attached to an aromatic ring is 1. The van der Waals surface area contributed by atoms with Crippen molar-refractivity contribution in [3.8, 4) is 5.75 Å². The number of hydrogen-bond donors (Lipinski definition) is 2. The van der Waals surface area contributed by atoms with Gasteiger partial charge in [0.1, 0.15) is 11.6 Å². The zero-order valence-corrected chi connectivity index (χ0v) is 16.2. The average molecular weight is 365 g/mol. The summed E-state index contributed by atoms with van der Waals surface area (Å²) in [4.78, 5) is 7.30. The number of phenolic OH excluding ortho intramolecular Hbond substituents is 1. The van der Waals surface area contributed by atoms with Crippen LogP contribution in [0.3, 0.4) is 0 Å². The van der Waals surface area contributed by atoms with Crippen molar-refractivity contribution in [2.75, 3.05) is 18.8 Å². The number of nitrogens with two attached hydrogens (primary N) is 1. The molecule has 1 fully saturated rings. The topological polar surface area (TPSA) is 79.7 Å². The highest BCUT2D eigenvalue weighted by Gasteiger charge is 2.24. The van der Waals surface area contributed by atoms with E-state index in [9.17, 15) is 5.11 Å². The first-order valence-corrected chi connectivity index (χ1v) is 9.55. The Morgan fingerprint density at radius 3 is 2.63 bits per heavy atom. The molecule has 27 heavy (non-hydrogen) atoms. The number of piperidine rings is 1. The molecule has 1 unspecified atom stereocenters. The maximum atomic E-state index is 10.0. The molecule has 0 radical (unpaired) electrons. The smallest absolute Gasteiger partial charge is 0.157 e. The minimum Gasteiger partial charge on any atom is -0.507 e. The van der Waals surface area contributed by atoms with Gasteiger partial charge in [-0.3, -0.25) is 4.90 Å². The molecular formula is C21H27N5O. The van der Waals surface area contributed by atoms with E-state index in [-0.39, 0.29) is 0 Å². The van der Waals surface area contributed by atoms with Crippen LogP contribution in [0.1, 0.15) is 46.8 Å². The Morgan fingerprint density at radius 2 is 1.89 bits per heavy atom. The van der Waals surface area contributed by atoms with Gasteiger partial charge in [-0.25, -0.2) is 4.98 Å². The molecule has 0 aliphatic carbocycles. The molecule has 2 aromatic heterocycles. The first kappa shape index (κ1) is 17.8. The monoisotopic (exact) mass is 365 g/mol. The minimum absolute atomic E-state index is 0.376. The normalized spacial score (nSPS) is 18.3. The third-order valence-corrected chi connectivity index (χ3v) is 5.48. The first-order valence-electron chi connectivity index (χ1n) is 9.55. The van der Waals surface area contributed by atoms with Crippen LogP contribution in [0, 0.1) is 20.8 Å². The molecule has 6 nitrogen and oxygen atoms in total. The summed E-state index contributed by atoms with van der Waals surface area (Å²) < 4.78 is 1.71. The zero-order chi connectivity index (χ0) is 19.1. The molecule has 0 spiro atoms. The van der Waals surface area contributed by atoms with Crippen LogP contribution in [0.4, 0.5) is 5.82 Å². The summed E-state index contributed by atoms with van der Waals surface area (Å²) in [5.41, 5.74) is 12.1. The summed E-state index contributed by atoms with van der Waals surface area (Å²) in [5.74, 6) is 1.42. The molecule has 3 aromatic rings. The number of fused-ring (bicyclic) bond motifs is 1. The molecule has 0 amide bonds. The number of anilines is 1. The van der Waals surface area contributed by atoms with E-state index in [4.69, 9.17) is 10.7 Å². The van der Waals surface area contributed by atoms with Gasteiger partial charge in [-0.05, 0) is 56.8 Å². The van der Waals surface area contributed by atoms with Crippen molar-refractivity contribution in [1.82, 2.24) is 19.5 Å². The highest BCUT2D eigenvalue weighted by Crippen LogP contribution is 2.29. The second kappa shape index (κ2) is 6.85.